The fourth-order valence-corrected chi connectivity index (χ4v) is 2.38. The van der Waals surface area contributed by atoms with Crippen molar-refractivity contribution in [3.05, 3.63) is 0 Å². The summed E-state index contributed by atoms with van der Waals surface area (Å²) in [6.45, 7) is 11.5. The average Bonchev–Trinajstić information content (AvgIpc) is 2.19. The number of ether oxygens (including phenoxy) is 2. The van der Waals surface area contributed by atoms with Gasteiger partial charge in [-0.3, -0.25) is 0 Å². The molecule has 0 aromatic carbocycles. The Labute approximate surface area is 122 Å². The summed E-state index contributed by atoms with van der Waals surface area (Å²) in [6, 6.07) is -0.0257. The monoisotopic (exact) mass is 287 g/mol. The Morgan fingerprint density at radius 2 is 1.75 bits per heavy atom. The fraction of sp³-hybridized carbons (Fsp3) is 0.933. The molecule has 0 spiro atoms. The van der Waals surface area contributed by atoms with Crippen LogP contribution in [0, 0.1) is 5.92 Å². The number of rotatable bonds is 3. The maximum atomic E-state index is 12.0. The third kappa shape index (κ3) is 4.63. The molecule has 118 valence electrons. The molecule has 0 unspecified atom stereocenters. The van der Waals surface area contributed by atoms with E-state index in [1.165, 1.54) is 0 Å². The van der Waals surface area contributed by atoms with E-state index in [0.29, 0.717) is 0 Å². The number of hydrogen-bond acceptors (Lipinski definition) is 4. The van der Waals surface area contributed by atoms with E-state index in [1.807, 2.05) is 41.5 Å². The summed E-state index contributed by atoms with van der Waals surface area (Å²) in [7, 11) is 1.72. The van der Waals surface area contributed by atoms with Crippen LogP contribution in [0.4, 0.5) is 4.79 Å². The summed E-state index contributed by atoms with van der Waals surface area (Å²) in [5.74, 6) is -0.0493. The predicted octanol–water partition coefficient (Wildman–Crippen LogP) is 2.42. The van der Waals surface area contributed by atoms with Gasteiger partial charge in [-0.05, 0) is 48.0 Å². The maximum Gasteiger partial charge on any atom is 0.410 e. The van der Waals surface area contributed by atoms with Crippen LogP contribution in [-0.2, 0) is 9.47 Å². The molecule has 3 atom stereocenters. The number of hydrogen-bond donors (Lipinski definition) is 1. The Balaban J connectivity index is 2.59. The van der Waals surface area contributed by atoms with E-state index in [4.69, 9.17) is 9.47 Å². The number of aliphatic hydroxyl groups excluding tert-OH is 1. The molecule has 20 heavy (non-hydrogen) atoms. The SMILES string of the molecule is CN(C(=O)OC(C)(C)C)[C@@H]1C[C@H](OC(C)(C)C)[C@@H]1CO. The first kappa shape index (κ1) is 17.2. The topological polar surface area (TPSA) is 59.0 Å². The van der Waals surface area contributed by atoms with E-state index < -0.39 is 5.60 Å². The van der Waals surface area contributed by atoms with Gasteiger partial charge in [0.05, 0.1) is 18.3 Å². The predicted molar refractivity (Wildman–Crippen MR) is 77.6 cm³/mol. The molecule has 1 saturated carbocycles. The molecular weight excluding hydrogens is 258 g/mol. The van der Waals surface area contributed by atoms with Crippen molar-refractivity contribution in [2.75, 3.05) is 13.7 Å². The largest absolute Gasteiger partial charge is 0.444 e. The van der Waals surface area contributed by atoms with Crippen LogP contribution in [-0.4, -0.2) is 53.1 Å². The number of amides is 1. The molecule has 1 fully saturated rings. The quantitative estimate of drug-likeness (QED) is 0.866. The standard InChI is InChI=1S/C15H29NO4/c1-14(2,3)19-12-8-11(10(12)9-17)16(7)13(18)20-15(4,5)6/h10-12,17H,8-9H2,1-7H3/t10-,11-,12+/m1/s1. The van der Waals surface area contributed by atoms with E-state index in [-0.39, 0.29) is 36.4 Å². The van der Waals surface area contributed by atoms with Gasteiger partial charge < -0.3 is 19.5 Å². The lowest BCUT2D eigenvalue weighted by Crippen LogP contribution is -2.59. The average molecular weight is 287 g/mol. The smallest absolute Gasteiger partial charge is 0.410 e. The normalized spacial score (nSPS) is 26.9. The van der Waals surface area contributed by atoms with Gasteiger partial charge in [0.25, 0.3) is 0 Å². The molecule has 5 heteroatoms. The Hall–Kier alpha value is -0.810. The molecular formula is C15H29NO4. The first-order valence-electron chi connectivity index (χ1n) is 7.19. The highest BCUT2D eigenvalue weighted by atomic mass is 16.6. The first-order chi connectivity index (χ1) is 8.94. The van der Waals surface area contributed by atoms with E-state index in [0.717, 1.165) is 6.42 Å². The number of carbonyl (C=O) groups is 1. The second-order valence-electron chi connectivity index (χ2n) is 7.51. The highest BCUT2D eigenvalue weighted by Crippen LogP contribution is 2.37. The minimum absolute atomic E-state index is 0.00473. The third-order valence-electron chi connectivity index (χ3n) is 3.34. The van der Waals surface area contributed by atoms with Gasteiger partial charge in [0.1, 0.15) is 5.60 Å². The van der Waals surface area contributed by atoms with Crippen LogP contribution in [0.3, 0.4) is 0 Å². The van der Waals surface area contributed by atoms with Gasteiger partial charge >= 0.3 is 6.09 Å². The second kappa shape index (κ2) is 5.90. The van der Waals surface area contributed by atoms with Crippen LogP contribution in [0.5, 0.6) is 0 Å². The van der Waals surface area contributed by atoms with Crippen molar-refractivity contribution in [2.45, 2.75) is 71.3 Å². The van der Waals surface area contributed by atoms with Crippen molar-refractivity contribution in [3.63, 3.8) is 0 Å². The molecule has 0 aromatic rings. The minimum atomic E-state index is -0.509. The van der Waals surface area contributed by atoms with Gasteiger partial charge in [-0.25, -0.2) is 4.79 Å². The lowest BCUT2D eigenvalue weighted by molar-refractivity contribution is -0.163. The van der Waals surface area contributed by atoms with Crippen molar-refractivity contribution >= 4 is 6.09 Å². The summed E-state index contributed by atoms with van der Waals surface area (Å²) in [5.41, 5.74) is -0.751. The van der Waals surface area contributed by atoms with E-state index >= 15 is 0 Å². The molecule has 1 aliphatic carbocycles. The van der Waals surface area contributed by atoms with E-state index in [2.05, 4.69) is 0 Å². The van der Waals surface area contributed by atoms with Crippen molar-refractivity contribution in [2.24, 2.45) is 5.92 Å². The minimum Gasteiger partial charge on any atom is -0.444 e. The van der Waals surface area contributed by atoms with E-state index in [1.54, 1.807) is 11.9 Å². The second-order valence-corrected chi connectivity index (χ2v) is 7.51. The highest BCUT2D eigenvalue weighted by Gasteiger charge is 2.47. The Bertz CT molecular complexity index is 343. The zero-order chi connectivity index (χ0) is 15.7. The van der Waals surface area contributed by atoms with Crippen LogP contribution in [0.1, 0.15) is 48.0 Å². The lowest BCUT2D eigenvalue weighted by atomic mass is 9.75. The third-order valence-corrected chi connectivity index (χ3v) is 3.34. The molecule has 0 aromatic heterocycles. The molecule has 0 aliphatic heterocycles. The Morgan fingerprint density at radius 3 is 2.15 bits per heavy atom. The van der Waals surface area contributed by atoms with Gasteiger partial charge in [-0.2, -0.15) is 0 Å². The van der Waals surface area contributed by atoms with Crippen molar-refractivity contribution in [3.8, 4) is 0 Å². The van der Waals surface area contributed by atoms with Crippen LogP contribution in [0.2, 0.25) is 0 Å². The van der Waals surface area contributed by atoms with Crippen LogP contribution in [0.15, 0.2) is 0 Å². The summed E-state index contributed by atoms with van der Waals surface area (Å²) in [4.78, 5) is 13.6. The molecule has 0 bridgehead atoms. The number of nitrogens with zero attached hydrogens (tertiary/aromatic N) is 1. The maximum absolute atomic E-state index is 12.0. The summed E-state index contributed by atoms with van der Waals surface area (Å²) >= 11 is 0. The van der Waals surface area contributed by atoms with Crippen molar-refractivity contribution in [1.82, 2.24) is 4.90 Å². The molecule has 0 saturated heterocycles. The van der Waals surface area contributed by atoms with E-state index in [9.17, 15) is 9.90 Å². The molecule has 1 aliphatic rings. The summed E-state index contributed by atoms with van der Waals surface area (Å²) in [6.07, 6.45) is 0.378. The molecule has 0 radical (unpaired) electrons. The van der Waals surface area contributed by atoms with Crippen molar-refractivity contribution < 1.29 is 19.4 Å². The molecule has 1 N–H and O–H groups in total. The molecule has 1 amide bonds. The Kier molecular flexibility index (Phi) is 5.08. The van der Waals surface area contributed by atoms with Gasteiger partial charge in [0.2, 0.25) is 0 Å². The van der Waals surface area contributed by atoms with Gasteiger partial charge in [-0.15, -0.1) is 0 Å². The molecule has 5 nitrogen and oxygen atoms in total. The van der Waals surface area contributed by atoms with Gasteiger partial charge in [0, 0.05) is 19.0 Å². The summed E-state index contributed by atoms with van der Waals surface area (Å²) < 4.78 is 11.2. The van der Waals surface area contributed by atoms with Gasteiger partial charge in [-0.1, -0.05) is 0 Å². The molecule has 0 heterocycles. The van der Waals surface area contributed by atoms with Crippen molar-refractivity contribution in [1.29, 1.82) is 0 Å². The Morgan fingerprint density at radius 1 is 1.20 bits per heavy atom. The highest BCUT2D eigenvalue weighted by molar-refractivity contribution is 5.68. The number of carbonyl (C=O) groups excluding carboxylic acids is 1. The zero-order valence-electron chi connectivity index (χ0n) is 13.8. The molecule has 1 rings (SSSR count). The van der Waals surface area contributed by atoms with Crippen LogP contribution in [0.25, 0.3) is 0 Å². The zero-order valence-corrected chi connectivity index (χ0v) is 13.8. The fourth-order valence-electron chi connectivity index (χ4n) is 2.38. The van der Waals surface area contributed by atoms with Gasteiger partial charge in [0.15, 0.2) is 0 Å². The lowest BCUT2D eigenvalue weighted by Gasteiger charge is -2.49. The summed E-state index contributed by atoms with van der Waals surface area (Å²) in [5, 5.41) is 9.53. The number of aliphatic hydroxyl groups is 1. The van der Waals surface area contributed by atoms with Crippen LogP contribution < -0.4 is 0 Å². The first-order valence-corrected chi connectivity index (χ1v) is 7.19. The van der Waals surface area contributed by atoms with Crippen LogP contribution >= 0.6 is 0 Å².